The van der Waals surface area contributed by atoms with E-state index in [4.69, 9.17) is 26.2 Å². The van der Waals surface area contributed by atoms with Crippen LogP contribution in [0.1, 0.15) is 60.8 Å². The minimum atomic E-state index is -3.81. The number of hydrogen-bond donors (Lipinski definition) is 5. The molecule has 19 nitrogen and oxygen atoms in total. The van der Waals surface area contributed by atoms with E-state index >= 15 is 0 Å². The number of sulfonamides is 1. The number of anilines is 3. The quantitative estimate of drug-likeness (QED) is 0.0827. The van der Waals surface area contributed by atoms with E-state index in [-0.39, 0.29) is 71.1 Å². The van der Waals surface area contributed by atoms with Gasteiger partial charge in [0.25, 0.3) is 0 Å². The van der Waals surface area contributed by atoms with Crippen molar-refractivity contribution in [1.82, 2.24) is 18.8 Å². The number of imide groups is 1. The van der Waals surface area contributed by atoms with E-state index in [1.54, 1.807) is 55.6 Å². The molecule has 3 aliphatic rings. The van der Waals surface area contributed by atoms with E-state index in [0.717, 1.165) is 17.0 Å². The van der Waals surface area contributed by atoms with Crippen molar-refractivity contribution in [1.29, 1.82) is 0 Å². The number of thiophene rings is 1. The van der Waals surface area contributed by atoms with Gasteiger partial charge in [-0.25, -0.2) is 22.8 Å². The number of carboxylic acid groups (broad SMARTS) is 2. The average Bonchev–Trinajstić information content (AvgIpc) is 3.70. The number of rotatable bonds is 16. The van der Waals surface area contributed by atoms with Crippen LogP contribution >= 0.6 is 22.9 Å². The summed E-state index contributed by atoms with van der Waals surface area (Å²) >= 11 is 7.38. The summed E-state index contributed by atoms with van der Waals surface area (Å²) in [6.07, 6.45) is 1.13. The van der Waals surface area contributed by atoms with Crippen LogP contribution in [0.4, 0.5) is 17.1 Å². The first-order valence-corrected chi connectivity index (χ1v) is 24.2. The lowest BCUT2D eigenvalue weighted by Crippen LogP contribution is -2.55. The van der Waals surface area contributed by atoms with Crippen LogP contribution in [0.5, 0.6) is 5.75 Å². The summed E-state index contributed by atoms with van der Waals surface area (Å²) in [7, 11) is -2.18. The lowest BCUT2D eigenvalue weighted by molar-refractivity contribution is -0.139. The Balaban J connectivity index is 0.824. The Kier molecular flexibility index (Phi) is 13.2. The zero-order valence-electron chi connectivity index (χ0n) is 36.6. The lowest BCUT2D eigenvalue weighted by atomic mass is 9.89. The number of carboxylic acids is 2. The number of aromatic nitrogens is 2. The summed E-state index contributed by atoms with van der Waals surface area (Å²) in [6, 6.07) is 18.5. The molecule has 67 heavy (non-hydrogen) atoms. The molecule has 5 heterocycles. The molecule has 0 unspecified atom stereocenters. The van der Waals surface area contributed by atoms with Gasteiger partial charge in [0.2, 0.25) is 27.7 Å². The molecule has 8 rings (SSSR count). The topological polar surface area (TPSA) is 248 Å². The average molecular weight is 979 g/mol. The highest BCUT2D eigenvalue weighted by Crippen LogP contribution is 2.46. The third kappa shape index (κ3) is 10.1. The van der Waals surface area contributed by atoms with Crippen LogP contribution in [-0.4, -0.2) is 112 Å². The number of aryl methyl sites for hydroxylation is 1. The Hall–Kier alpha value is -6.26. The Morgan fingerprint density at radius 1 is 0.955 bits per heavy atom. The molecule has 0 spiro atoms. The predicted octanol–water partition coefficient (Wildman–Crippen LogP) is 4.89. The molecule has 2 atom stereocenters. The summed E-state index contributed by atoms with van der Waals surface area (Å²) < 4.78 is 43.4. The Morgan fingerprint density at radius 2 is 1.70 bits per heavy atom. The number of piperidine rings is 2. The number of imidazole rings is 1. The van der Waals surface area contributed by atoms with Crippen molar-refractivity contribution in [3.05, 3.63) is 92.7 Å². The van der Waals surface area contributed by atoms with E-state index in [0.29, 0.717) is 64.3 Å². The van der Waals surface area contributed by atoms with E-state index in [1.807, 2.05) is 36.9 Å². The van der Waals surface area contributed by atoms with Gasteiger partial charge in [-0.3, -0.25) is 28.8 Å². The van der Waals surface area contributed by atoms with Gasteiger partial charge in [-0.05, 0) is 86.7 Å². The molecular weight excluding hydrogens is 930 g/mol. The van der Waals surface area contributed by atoms with Crippen LogP contribution in [0, 0.1) is 0 Å². The number of nitrogens with one attached hydrogen (secondary N) is 3. The molecule has 5 aromatic rings. The van der Waals surface area contributed by atoms with Crippen molar-refractivity contribution >= 4 is 90.7 Å². The SMILES string of the molecule is Cn1c(=O)n([C@@H]2CCC(=O)NC2=O)c2ccc(N3CC(OCC(=O)Nc4cccc(CS(=O)(=O)N5CC[C@H](Nc6cccc(-c7sc(C(=O)O)c(OCC(=O)O)c7Cl)c6)CC5(C)C)c4)C3)cc21. The van der Waals surface area contributed by atoms with Gasteiger partial charge in [0.05, 0.1) is 27.8 Å². The van der Waals surface area contributed by atoms with E-state index in [2.05, 4.69) is 16.0 Å². The van der Waals surface area contributed by atoms with Crippen LogP contribution in [0.3, 0.4) is 0 Å². The van der Waals surface area contributed by atoms with Gasteiger partial charge in [0.15, 0.2) is 17.2 Å². The molecule has 3 amide bonds. The number of amides is 3. The zero-order chi connectivity index (χ0) is 47.9. The van der Waals surface area contributed by atoms with Crippen LogP contribution in [0.25, 0.3) is 21.5 Å². The number of carbonyl (C=O) groups is 5. The summed E-state index contributed by atoms with van der Waals surface area (Å²) in [5.41, 5.74) is 3.16. The maximum Gasteiger partial charge on any atom is 0.349 e. The van der Waals surface area contributed by atoms with Gasteiger partial charge in [-0.2, -0.15) is 4.31 Å². The number of fused-ring (bicyclic) bond motifs is 1. The molecule has 3 saturated heterocycles. The fraction of sp³-hybridized carbons (Fsp3) is 0.378. The summed E-state index contributed by atoms with van der Waals surface area (Å²) in [4.78, 5) is 75.5. The Morgan fingerprint density at radius 3 is 2.42 bits per heavy atom. The molecule has 3 fully saturated rings. The van der Waals surface area contributed by atoms with Gasteiger partial charge in [0.1, 0.15) is 17.7 Å². The van der Waals surface area contributed by atoms with Gasteiger partial charge in [-0.15, -0.1) is 11.3 Å². The molecule has 5 N–H and O–H groups in total. The largest absolute Gasteiger partial charge is 0.479 e. The maximum absolute atomic E-state index is 14.0. The number of nitrogens with zero attached hydrogens (tertiary/aromatic N) is 4. The zero-order valence-corrected chi connectivity index (χ0v) is 39.0. The van der Waals surface area contributed by atoms with Gasteiger partial charge in [0, 0.05) is 61.7 Å². The van der Waals surface area contributed by atoms with Crippen molar-refractivity contribution in [2.45, 2.75) is 69.0 Å². The fourth-order valence-corrected chi connectivity index (χ4v) is 12.3. The predicted molar refractivity (Wildman–Crippen MR) is 251 cm³/mol. The van der Waals surface area contributed by atoms with Crippen LogP contribution in [0.15, 0.2) is 71.5 Å². The molecule has 3 aliphatic heterocycles. The van der Waals surface area contributed by atoms with Gasteiger partial charge in [-0.1, -0.05) is 35.9 Å². The smallest absolute Gasteiger partial charge is 0.349 e. The number of ether oxygens (including phenoxy) is 2. The molecule has 0 aliphatic carbocycles. The highest BCUT2D eigenvalue weighted by Gasteiger charge is 2.42. The monoisotopic (exact) mass is 977 g/mol. The highest BCUT2D eigenvalue weighted by atomic mass is 35.5. The third-order valence-corrected chi connectivity index (χ3v) is 15.8. The molecule has 354 valence electrons. The molecule has 0 bridgehead atoms. The first-order valence-electron chi connectivity index (χ1n) is 21.4. The van der Waals surface area contributed by atoms with Crippen molar-refractivity contribution in [2.75, 3.05) is 48.4 Å². The Labute approximate surface area is 393 Å². The summed E-state index contributed by atoms with van der Waals surface area (Å²) in [6.45, 7) is 4.02. The number of halogens is 1. The number of aromatic carboxylic acids is 1. The molecule has 0 radical (unpaired) electrons. The number of benzene rings is 3. The van der Waals surface area contributed by atoms with Crippen molar-refractivity contribution < 1.29 is 52.1 Å². The maximum atomic E-state index is 14.0. The second kappa shape index (κ2) is 18.8. The molecule has 2 aromatic heterocycles. The third-order valence-electron chi connectivity index (χ3n) is 12.1. The molecule has 22 heteroatoms. The number of aliphatic carboxylic acids is 1. The molecular formula is C45H48ClN7O12S2. The second-order valence-electron chi connectivity index (χ2n) is 17.4. The highest BCUT2D eigenvalue weighted by molar-refractivity contribution is 7.88. The van der Waals surface area contributed by atoms with Crippen molar-refractivity contribution in [3.8, 4) is 16.2 Å². The first kappa shape index (κ1) is 47.2. The van der Waals surface area contributed by atoms with Crippen LogP contribution < -0.4 is 31.3 Å². The van der Waals surface area contributed by atoms with Gasteiger partial charge >= 0.3 is 17.6 Å². The fourth-order valence-electron chi connectivity index (χ4n) is 8.94. The first-order chi connectivity index (χ1) is 31.8. The molecule has 3 aromatic carbocycles. The van der Waals surface area contributed by atoms with Crippen molar-refractivity contribution in [2.24, 2.45) is 7.05 Å². The van der Waals surface area contributed by atoms with E-state index in [9.17, 15) is 42.3 Å². The standard InChI is InChI=1S/C45H48ClN7O12S2/c1-45(2)19-29(47-28-9-5-7-26(17-28)40-38(46)39(65-23-37(56)57)41(66-40)43(59)60)14-15-52(45)67(62,63)24-25-6-4-8-27(16-25)48-36(55)22-64-31-20-51(21-31)30-10-11-32-34(18-30)50(3)44(61)53(32)33-12-13-35(54)49-42(33)58/h4-11,16-18,29,31,33,47H,12-15,19-24H2,1-3H3,(H,48,55)(H,56,57)(H,59,60)(H,49,54,58)/t29-,33+/m0/s1. The Bertz CT molecular complexity index is 2980. The van der Waals surface area contributed by atoms with Crippen LogP contribution in [0.2, 0.25) is 5.02 Å². The van der Waals surface area contributed by atoms with Crippen LogP contribution in [-0.2, 0) is 46.7 Å². The lowest BCUT2D eigenvalue weighted by Gasteiger charge is -2.45. The molecule has 0 saturated carbocycles. The summed E-state index contributed by atoms with van der Waals surface area (Å²) in [5.74, 6) is -4.33. The number of hydrogen-bond acceptors (Lipinski definition) is 13. The summed E-state index contributed by atoms with van der Waals surface area (Å²) in [5, 5.41) is 27.3. The van der Waals surface area contributed by atoms with E-state index < -0.39 is 52.0 Å². The minimum absolute atomic E-state index is 0.00707. The van der Waals surface area contributed by atoms with Gasteiger partial charge < -0.3 is 35.2 Å². The normalized spacial score (nSPS) is 18.9. The van der Waals surface area contributed by atoms with E-state index in [1.165, 1.54) is 13.4 Å². The minimum Gasteiger partial charge on any atom is -0.479 e. The van der Waals surface area contributed by atoms with Crippen molar-refractivity contribution in [3.63, 3.8) is 0 Å². The second-order valence-corrected chi connectivity index (χ2v) is 20.7. The number of carbonyl (C=O) groups excluding carboxylic acids is 3.